The molecule has 15 heavy (non-hydrogen) atoms. The molecule has 82 valence electrons. The fourth-order valence-electron chi connectivity index (χ4n) is 1.18. The van der Waals surface area contributed by atoms with Crippen molar-refractivity contribution in [1.82, 2.24) is 15.4 Å². The maximum atomic E-state index is 11.8. The van der Waals surface area contributed by atoms with E-state index in [1.54, 1.807) is 0 Å². The number of rotatable bonds is 4. The summed E-state index contributed by atoms with van der Waals surface area (Å²) in [5.74, 6) is 0.763. The Labute approximate surface area is 109 Å². The molecular weight excluding hydrogens is 440 g/mol. The molecule has 0 amide bonds. The topological polar surface area (TPSA) is 58.6 Å². The first-order chi connectivity index (χ1) is 7.31. The number of fused-ring (bicyclic) bond motifs is 1. The predicted octanol–water partition coefficient (Wildman–Crippen LogP) is -1.50. The maximum absolute atomic E-state index is 11.8. The molecule has 1 unspecified atom stereocenters. The van der Waals surface area contributed by atoms with Crippen LogP contribution in [0, 0.1) is 0 Å². The van der Waals surface area contributed by atoms with Gasteiger partial charge in [-0.1, -0.05) is 0 Å². The van der Waals surface area contributed by atoms with Crippen LogP contribution >= 0.6 is 18.6 Å². The predicted molar refractivity (Wildman–Crippen MR) is 64.1 cm³/mol. The van der Waals surface area contributed by atoms with E-state index in [0.29, 0.717) is 0 Å². The second-order valence-electron chi connectivity index (χ2n) is 2.81. The Morgan fingerprint density at radius 3 is 3.00 bits per heavy atom. The zero-order chi connectivity index (χ0) is 10.7. The number of hydrogen-bond acceptors (Lipinski definition) is 3. The molecule has 7 heteroatoms. The number of benzene rings is 1. The van der Waals surface area contributed by atoms with Gasteiger partial charge in [0.15, 0.2) is 0 Å². The molecule has 2 rings (SSSR count). The summed E-state index contributed by atoms with van der Waals surface area (Å²) in [4.78, 5) is 0.852. The van der Waals surface area contributed by atoms with Gasteiger partial charge >= 0.3 is 111 Å². The first kappa shape index (κ1) is 11.7. The third-order valence-electron chi connectivity index (χ3n) is 1.88. The van der Waals surface area contributed by atoms with Crippen LogP contribution in [0.2, 0.25) is 0 Å². The summed E-state index contributed by atoms with van der Waals surface area (Å²) < 4.78 is 12.9. The van der Waals surface area contributed by atoms with Crippen molar-refractivity contribution < 1.29 is 21.4 Å². The van der Waals surface area contributed by atoms with Gasteiger partial charge < -0.3 is 0 Å². The van der Waals surface area contributed by atoms with Gasteiger partial charge in [-0.25, -0.2) is 0 Å². The molecule has 0 aliphatic heterocycles. The van der Waals surface area contributed by atoms with Crippen LogP contribution in [-0.2, 0) is 10.8 Å². The zero-order valence-electron chi connectivity index (χ0n) is 7.61. The molecule has 0 bridgehead atoms. The van der Waals surface area contributed by atoms with Gasteiger partial charge in [0.1, 0.15) is 0 Å². The molecule has 0 radical (unpaired) electrons. The van der Waals surface area contributed by atoms with Crippen molar-refractivity contribution in [2.24, 2.45) is 0 Å². The molecule has 0 aliphatic carbocycles. The summed E-state index contributed by atoms with van der Waals surface area (Å²) in [7, 11) is -0.882. The van der Waals surface area contributed by atoms with Crippen molar-refractivity contribution in [3.05, 3.63) is 18.2 Å². The molecule has 0 aliphatic rings. The molecule has 1 aromatic carbocycles. The van der Waals surface area contributed by atoms with Crippen LogP contribution in [0.25, 0.3) is 11.0 Å². The molecule has 1 heterocycles. The van der Waals surface area contributed by atoms with E-state index in [1.807, 2.05) is 18.2 Å². The van der Waals surface area contributed by atoms with E-state index >= 15 is 0 Å². The van der Waals surface area contributed by atoms with Gasteiger partial charge in [0.2, 0.25) is 0 Å². The Morgan fingerprint density at radius 2 is 2.20 bits per heavy atom. The number of aromatic nitrogens is 3. The summed E-state index contributed by atoms with van der Waals surface area (Å²) in [6, 6.07) is 5.57. The Kier molecular flexibility index (Phi) is 4.31. The molecule has 1 N–H and O–H groups in total. The van der Waals surface area contributed by atoms with Crippen LogP contribution < -0.4 is 17.2 Å². The summed E-state index contributed by atoms with van der Waals surface area (Å²) in [5, 5.41) is 10.5. The van der Waals surface area contributed by atoms with E-state index in [1.165, 1.54) is 0 Å². The summed E-state index contributed by atoms with van der Waals surface area (Å²) in [5.41, 5.74) is 1.60. The van der Waals surface area contributed by atoms with Crippen LogP contribution in [0.5, 0.6) is 0 Å². The van der Waals surface area contributed by atoms with E-state index in [9.17, 15) is 4.21 Å². The van der Waals surface area contributed by atoms with Gasteiger partial charge in [0, 0.05) is 0 Å². The first-order valence-corrected chi connectivity index (χ1v) is 13.3. The molecular formula is C8H8I2N3OS-. The van der Waals surface area contributed by atoms with Gasteiger partial charge in [0.25, 0.3) is 0 Å². The number of nitrogens with zero attached hydrogens (tertiary/aromatic N) is 2. The van der Waals surface area contributed by atoms with Crippen molar-refractivity contribution in [2.45, 2.75) is 4.90 Å². The molecule has 0 saturated carbocycles. The minimum absolute atomic E-state index is 0.199. The molecule has 0 spiro atoms. The van der Waals surface area contributed by atoms with Gasteiger partial charge in [-0.3, -0.25) is 0 Å². The number of alkyl halides is 1. The van der Waals surface area contributed by atoms with Crippen molar-refractivity contribution in [1.29, 1.82) is 0 Å². The van der Waals surface area contributed by atoms with Crippen molar-refractivity contribution in [3.63, 3.8) is 0 Å². The summed E-state index contributed by atoms with van der Waals surface area (Å²) in [6.45, 7) is 0. The number of H-pyrrole nitrogens is 1. The van der Waals surface area contributed by atoms with Crippen LogP contribution in [0.4, 0.5) is 0 Å². The van der Waals surface area contributed by atoms with E-state index in [2.05, 4.69) is 34.0 Å². The van der Waals surface area contributed by atoms with Crippen LogP contribution in [0.3, 0.4) is 0 Å². The van der Waals surface area contributed by atoms with Crippen LogP contribution in [0.15, 0.2) is 23.1 Å². The average Bonchev–Trinajstić information content (AvgIpc) is 2.72. The molecule has 1 aromatic heterocycles. The molecule has 1 atom stereocenters. The van der Waals surface area contributed by atoms with Crippen molar-refractivity contribution in [3.8, 4) is 0 Å². The van der Waals surface area contributed by atoms with Gasteiger partial charge in [0.05, 0.1) is 0 Å². The quantitative estimate of drug-likeness (QED) is 0.458. The zero-order valence-corrected chi connectivity index (χ0v) is 12.7. The molecule has 0 saturated heterocycles. The van der Waals surface area contributed by atoms with Gasteiger partial charge in [-0.2, -0.15) is 0 Å². The van der Waals surface area contributed by atoms with E-state index in [-0.39, 0.29) is 17.2 Å². The average molecular weight is 448 g/mol. The first-order valence-electron chi connectivity index (χ1n) is 4.20. The van der Waals surface area contributed by atoms with Gasteiger partial charge in [-0.15, -0.1) is 0 Å². The number of aromatic amines is 1. The van der Waals surface area contributed by atoms with E-state index < -0.39 is 10.8 Å². The third-order valence-corrected chi connectivity index (χ3v) is 7.65. The minimum atomic E-state index is -0.882. The Balaban J connectivity index is 2.23. The van der Waals surface area contributed by atoms with Gasteiger partial charge in [-0.05, 0) is 0 Å². The van der Waals surface area contributed by atoms with Crippen molar-refractivity contribution in [2.75, 3.05) is 10.2 Å². The second-order valence-corrected chi connectivity index (χ2v) is 9.91. The van der Waals surface area contributed by atoms with Crippen LogP contribution in [0.1, 0.15) is 0 Å². The number of nitrogens with one attached hydrogen (secondary N) is 1. The van der Waals surface area contributed by atoms with Crippen molar-refractivity contribution >= 4 is 40.4 Å². The fraction of sp³-hybridized carbons (Fsp3) is 0.250. The van der Waals surface area contributed by atoms with Crippen LogP contribution in [-0.4, -0.2) is 29.8 Å². The second kappa shape index (κ2) is 5.53. The standard InChI is InChI=1S/C8H8I2N3OS/c9-10-3-4-15(14)6-1-2-7-8(5-6)12-13-11-7/h1-2,5H,3-4H2,(H,11,12,13)/q-1. The van der Waals surface area contributed by atoms with E-state index in [4.69, 9.17) is 0 Å². The third kappa shape index (κ3) is 2.87. The Morgan fingerprint density at radius 1 is 1.40 bits per heavy atom. The SMILES string of the molecule is O=S(CC[I-]I)c1ccc2n[nH]nc2c1. The normalized spacial score (nSPS) is 13.4. The molecule has 2 aromatic rings. The van der Waals surface area contributed by atoms with E-state index in [0.717, 1.165) is 26.1 Å². The Hall–Kier alpha value is 0.230. The summed E-state index contributed by atoms with van der Waals surface area (Å²) >= 11 is 2.60. The molecule has 0 fully saturated rings. The number of hydrogen-bond donors (Lipinski definition) is 1. The molecule has 4 nitrogen and oxygen atoms in total. The summed E-state index contributed by atoms with van der Waals surface area (Å²) in [6.07, 6.45) is 0. The Bertz CT molecular complexity index is 487. The monoisotopic (exact) mass is 448 g/mol. The fourth-order valence-corrected chi connectivity index (χ4v) is 7.13. The number of halogens is 2.